The summed E-state index contributed by atoms with van der Waals surface area (Å²) < 4.78 is 0. The first-order valence-corrected chi connectivity index (χ1v) is 6.99. The number of nitriles is 1. The summed E-state index contributed by atoms with van der Waals surface area (Å²) in [6.45, 7) is 1.95. The minimum Gasteiger partial charge on any atom is -0.397 e. The van der Waals surface area contributed by atoms with Crippen LogP contribution in [-0.2, 0) is 11.3 Å². The van der Waals surface area contributed by atoms with Gasteiger partial charge in [0.05, 0.1) is 23.5 Å². The van der Waals surface area contributed by atoms with Gasteiger partial charge in [-0.05, 0) is 17.2 Å². The average molecular weight is 289 g/mol. The molecular weight excluding hydrogens is 274 g/mol. The number of hydrogen-bond acceptors (Lipinski definition) is 3. The quantitative estimate of drug-likeness (QED) is 0.810. The van der Waals surface area contributed by atoms with E-state index in [4.69, 9.17) is 5.73 Å². The standard InChI is InChI=1S/C18H15N3O/c1-12(22)21-11-13-6-2-3-7-14(13)16(10-19)18(20)15-8-4-5-9-17(15)21/h2-9H,11,20H2,1H3. The van der Waals surface area contributed by atoms with E-state index in [2.05, 4.69) is 6.07 Å². The van der Waals surface area contributed by atoms with Gasteiger partial charge in [-0.1, -0.05) is 42.5 Å². The molecule has 1 aliphatic heterocycles. The van der Waals surface area contributed by atoms with Gasteiger partial charge in [-0.15, -0.1) is 0 Å². The fourth-order valence-corrected chi connectivity index (χ4v) is 2.78. The number of hydrogen-bond donors (Lipinski definition) is 1. The summed E-state index contributed by atoms with van der Waals surface area (Å²) in [6.07, 6.45) is 0. The molecule has 4 nitrogen and oxygen atoms in total. The Bertz CT molecular complexity index is 830. The van der Waals surface area contributed by atoms with Gasteiger partial charge in [-0.2, -0.15) is 5.26 Å². The molecule has 0 aliphatic carbocycles. The summed E-state index contributed by atoms with van der Waals surface area (Å²) in [5, 5.41) is 9.56. The molecule has 2 aromatic carbocycles. The molecule has 0 saturated carbocycles. The lowest BCUT2D eigenvalue weighted by atomic mass is 9.93. The smallest absolute Gasteiger partial charge is 0.224 e. The van der Waals surface area contributed by atoms with Crippen LogP contribution in [0.3, 0.4) is 0 Å². The summed E-state index contributed by atoms with van der Waals surface area (Å²) in [4.78, 5) is 13.8. The molecule has 0 radical (unpaired) electrons. The van der Waals surface area contributed by atoms with Crippen LogP contribution in [0.25, 0.3) is 11.3 Å². The largest absolute Gasteiger partial charge is 0.397 e. The number of amides is 1. The highest BCUT2D eigenvalue weighted by Gasteiger charge is 2.23. The molecule has 1 aliphatic rings. The molecule has 1 amide bonds. The maximum atomic E-state index is 12.1. The number of rotatable bonds is 0. The predicted molar refractivity (Wildman–Crippen MR) is 86.4 cm³/mol. The van der Waals surface area contributed by atoms with Gasteiger partial charge in [0.1, 0.15) is 6.07 Å². The van der Waals surface area contributed by atoms with E-state index in [1.54, 1.807) is 4.90 Å². The second-order valence-corrected chi connectivity index (χ2v) is 5.18. The van der Waals surface area contributed by atoms with E-state index >= 15 is 0 Å². The molecule has 0 aromatic heterocycles. The highest BCUT2D eigenvalue weighted by Crippen LogP contribution is 2.35. The van der Waals surface area contributed by atoms with Crippen molar-refractivity contribution in [1.82, 2.24) is 0 Å². The highest BCUT2D eigenvalue weighted by atomic mass is 16.2. The van der Waals surface area contributed by atoms with Crippen LogP contribution in [0.2, 0.25) is 0 Å². The molecule has 22 heavy (non-hydrogen) atoms. The fraction of sp³-hybridized carbons (Fsp3) is 0.111. The molecule has 0 unspecified atom stereocenters. The zero-order chi connectivity index (χ0) is 15.7. The molecular formula is C18H15N3O. The SMILES string of the molecule is CC(=O)N1Cc2ccccc2C(C#N)=C(N)c2ccccc21. The van der Waals surface area contributed by atoms with Crippen molar-refractivity contribution >= 4 is 22.9 Å². The number of fused-ring (bicyclic) bond motifs is 2. The summed E-state index contributed by atoms with van der Waals surface area (Å²) in [6, 6.07) is 17.2. The van der Waals surface area contributed by atoms with Crippen LogP contribution in [-0.4, -0.2) is 5.91 Å². The van der Waals surface area contributed by atoms with E-state index in [1.165, 1.54) is 6.92 Å². The van der Waals surface area contributed by atoms with Gasteiger partial charge < -0.3 is 10.6 Å². The van der Waals surface area contributed by atoms with Crippen molar-refractivity contribution in [1.29, 1.82) is 5.26 Å². The topological polar surface area (TPSA) is 70.1 Å². The Morgan fingerprint density at radius 1 is 1.14 bits per heavy atom. The molecule has 1 heterocycles. The first-order chi connectivity index (χ1) is 10.6. The van der Waals surface area contributed by atoms with Crippen molar-refractivity contribution in [3.63, 3.8) is 0 Å². The monoisotopic (exact) mass is 289 g/mol. The maximum absolute atomic E-state index is 12.1. The molecule has 0 atom stereocenters. The number of anilines is 1. The first-order valence-electron chi connectivity index (χ1n) is 6.99. The van der Waals surface area contributed by atoms with Gasteiger partial charge in [-0.25, -0.2) is 0 Å². The Hall–Kier alpha value is -3.06. The molecule has 0 saturated heterocycles. The number of para-hydroxylation sites is 1. The number of carbonyl (C=O) groups is 1. The van der Waals surface area contributed by atoms with Crippen LogP contribution in [0, 0.1) is 11.3 Å². The number of allylic oxidation sites excluding steroid dienone is 1. The van der Waals surface area contributed by atoms with Crippen LogP contribution in [0.1, 0.15) is 23.6 Å². The van der Waals surface area contributed by atoms with Crippen molar-refractivity contribution in [3.05, 3.63) is 65.2 Å². The average Bonchev–Trinajstić information content (AvgIpc) is 2.53. The first kappa shape index (κ1) is 13.9. The Morgan fingerprint density at radius 2 is 1.77 bits per heavy atom. The summed E-state index contributed by atoms with van der Waals surface area (Å²) in [7, 11) is 0. The summed E-state index contributed by atoms with van der Waals surface area (Å²) in [5.41, 5.74) is 10.2. The third-order valence-corrected chi connectivity index (χ3v) is 3.86. The molecule has 0 fully saturated rings. The Balaban J connectivity index is 2.38. The Morgan fingerprint density at radius 3 is 2.45 bits per heavy atom. The van der Waals surface area contributed by atoms with Gasteiger partial charge in [-0.3, -0.25) is 4.79 Å². The van der Waals surface area contributed by atoms with E-state index < -0.39 is 0 Å². The third kappa shape index (κ3) is 2.13. The zero-order valence-corrected chi connectivity index (χ0v) is 12.2. The van der Waals surface area contributed by atoms with Gasteiger partial charge in [0.15, 0.2) is 0 Å². The second kappa shape index (κ2) is 5.38. The van der Waals surface area contributed by atoms with Crippen molar-refractivity contribution < 1.29 is 4.79 Å². The normalized spacial score (nSPS) is 13.5. The van der Waals surface area contributed by atoms with Crippen LogP contribution in [0.5, 0.6) is 0 Å². The number of nitrogens with zero attached hydrogens (tertiary/aromatic N) is 2. The molecule has 108 valence electrons. The van der Waals surface area contributed by atoms with E-state index in [1.807, 2.05) is 48.5 Å². The Kier molecular flexibility index (Phi) is 3.40. The predicted octanol–water partition coefficient (Wildman–Crippen LogP) is 2.90. The third-order valence-electron chi connectivity index (χ3n) is 3.86. The van der Waals surface area contributed by atoms with Crippen molar-refractivity contribution in [2.45, 2.75) is 13.5 Å². The molecule has 4 heteroatoms. The molecule has 0 bridgehead atoms. The van der Waals surface area contributed by atoms with Gasteiger partial charge >= 0.3 is 0 Å². The fourth-order valence-electron chi connectivity index (χ4n) is 2.78. The van der Waals surface area contributed by atoms with Crippen LogP contribution in [0.15, 0.2) is 48.5 Å². The number of nitrogens with two attached hydrogens (primary N) is 1. The van der Waals surface area contributed by atoms with Crippen LogP contribution >= 0.6 is 0 Å². The van der Waals surface area contributed by atoms with Gasteiger partial charge in [0.2, 0.25) is 5.91 Å². The molecule has 0 spiro atoms. The van der Waals surface area contributed by atoms with E-state index in [0.29, 0.717) is 23.4 Å². The van der Waals surface area contributed by atoms with E-state index in [0.717, 1.165) is 16.8 Å². The van der Waals surface area contributed by atoms with E-state index in [-0.39, 0.29) is 5.91 Å². The zero-order valence-electron chi connectivity index (χ0n) is 12.2. The summed E-state index contributed by atoms with van der Waals surface area (Å²) in [5.74, 6) is -0.0598. The maximum Gasteiger partial charge on any atom is 0.224 e. The minimum absolute atomic E-state index is 0.0598. The molecule has 3 rings (SSSR count). The van der Waals surface area contributed by atoms with Gasteiger partial charge in [0.25, 0.3) is 0 Å². The highest BCUT2D eigenvalue weighted by molar-refractivity contribution is 6.03. The van der Waals surface area contributed by atoms with Crippen molar-refractivity contribution in [2.24, 2.45) is 5.73 Å². The molecule has 2 N–H and O–H groups in total. The van der Waals surface area contributed by atoms with Crippen LogP contribution < -0.4 is 10.6 Å². The lowest BCUT2D eigenvalue weighted by molar-refractivity contribution is -0.116. The van der Waals surface area contributed by atoms with Crippen molar-refractivity contribution in [2.75, 3.05) is 4.90 Å². The number of benzene rings is 2. The molecule has 2 aromatic rings. The van der Waals surface area contributed by atoms with Crippen molar-refractivity contribution in [3.8, 4) is 6.07 Å². The summed E-state index contributed by atoms with van der Waals surface area (Å²) >= 11 is 0. The van der Waals surface area contributed by atoms with Gasteiger partial charge in [0, 0.05) is 12.5 Å². The lowest BCUT2D eigenvalue weighted by Gasteiger charge is -2.28. The van der Waals surface area contributed by atoms with E-state index in [9.17, 15) is 10.1 Å². The second-order valence-electron chi connectivity index (χ2n) is 5.18. The number of carbonyl (C=O) groups excluding carboxylic acids is 1. The Labute approximate surface area is 129 Å². The van der Waals surface area contributed by atoms with Crippen LogP contribution in [0.4, 0.5) is 5.69 Å². The minimum atomic E-state index is -0.0598. The lowest BCUT2D eigenvalue weighted by Crippen LogP contribution is -2.30.